The minimum absolute atomic E-state index is 0.0364. The molecule has 5 rings (SSSR count). The van der Waals surface area contributed by atoms with Gasteiger partial charge in [-0.25, -0.2) is 4.98 Å². The summed E-state index contributed by atoms with van der Waals surface area (Å²) >= 11 is 0. The van der Waals surface area contributed by atoms with Gasteiger partial charge in [-0.3, -0.25) is 14.5 Å². The molecule has 1 fully saturated rings. The van der Waals surface area contributed by atoms with Crippen LogP contribution >= 0.6 is 0 Å². The maximum Gasteiger partial charge on any atom is 0.259 e. The summed E-state index contributed by atoms with van der Waals surface area (Å²) < 4.78 is 0. The summed E-state index contributed by atoms with van der Waals surface area (Å²) in [5, 5.41) is 3.05. The van der Waals surface area contributed by atoms with Gasteiger partial charge in [-0.15, -0.1) is 0 Å². The average Bonchev–Trinajstić information content (AvgIpc) is 3.27. The van der Waals surface area contributed by atoms with Gasteiger partial charge in [0.05, 0.1) is 17.5 Å². The molecule has 178 valence electrons. The second-order valence-electron chi connectivity index (χ2n) is 9.85. The number of carbonyl (C=O) groups is 2. The second kappa shape index (κ2) is 8.69. The molecule has 2 amide bonds. The van der Waals surface area contributed by atoms with Crippen LogP contribution in [0.15, 0.2) is 72.8 Å². The molecular formula is C29H30N4O2. The number of anilines is 2. The Balaban J connectivity index is 1.57. The highest BCUT2D eigenvalue weighted by molar-refractivity contribution is 6.16. The SMILES string of the molecule is CC(C)c1ccc(NC(=O)C2(c3nc4ccccc4[nH]3)CC(=O)N2c2ccc(C(C)C)cc2)cc1. The summed E-state index contributed by atoms with van der Waals surface area (Å²) in [7, 11) is 0. The Hall–Kier alpha value is -3.93. The van der Waals surface area contributed by atoms with Gasteiger partial charge < -0.3 is 10.3 Å². The maximum absolute atomic E-state index is 14.0. The number of amides is 2. The quantitative estimate of drug-likeness (QED) is 0.338. The van der Waals surface area contributed by atoms with Crippen molar-refractivity contribution in [2.24, 2.45) is 0 Å². The highest BCUT2D eigenvalue weighted by Gasteiger charge is 2.60. The van der Waals surface area contributed by atoms with E-state index in [0.29, 0.717) is 29.0 Å². The normalized spacial score (nSPS) is 17.8. The zero-order valence-electron chi connectivity index (χ0n) is 20.5. The van der Waals surface area contributed by atoms with Crippen molar-refractivity contribution in [1.29, 1.82) is 0 Å². The van der Waals surface area contributed by atoms with Crippen molar-refractivity contribution in [3.8, 4) is 0 Å². The van der Waals surface area contributed by atoms with E-state index >= 15 is 0 Å². The molecule has 0 radical (unpaired) electrons. The maximum atomic E-state index is 14.0. The van der Waals surface area contributed by atoms with Crippen LogP contribution in [0.5, 0.6) is 0 Å². The zero-order valence-corrected chi connectivity index (χ0v) is 20.5. The second-order valence-corrected chi connectivity index (χ2v) is 9.85. The van der Waals surface area contributed by atoms with Crippen LogP contribution in [0.2, 0.25) is 0 Å². The number of benzene rings is 3. The first-order valence-corrected chi connectivity index (χ1v) is 12.1. The van der Waals surface area contributed by atoms with Crippen LogP contribution in [-0.2, 0) is 15.1 Å². The number of para-hydroxylation sites is 2. The number of H-pyrrole nitrogens is 1. The van der Waals surface area contributed by atoms with Crippen LogP contribution in [0, 0.1) is 0 Å². The summed E-state index contributed by atoms with van der Waals surface area (Å²) in [6, 6.07) is 23.3. The van der Waals surface area contributed by atoms with Crippen LogP contribution in [0.25, 0.3) is 11.0 Å². The number of rotatable bonds is 6. The Morgan fingerprint density at radius 1 is 0.914 bits per heavy atom. The molecule has 1 aliphatic heterocycles. The molecule has 1 unspecified atom stereocenters. The van der Waals surface area contributed by atoms with Crippen LogP contribution in [-0.4, -0.2) is 21.8 Å². The summed E-state index contributed by atoms with van der Waals surface area (Å²) in [4.78, 5) is 36.6. The Labute approximate surface area is 205 Å². The molecule has 35 heavy (non-hydrogen) atoms. The Morgan fingerprint density at radius 2 is 1.51 bits per heavy atom. The van der Waals surface area contributed by atoms with E-state index in [2.05, 4.69) is 38.0 Å². The number of β-lactam (4-membered cyclic amide) rings is 1. The van der Waals surface area contributed by atoms with E-state index in [1.165, 1.54) is 11.1 Å². The number of nitrogens with zero attached hydrogens (tertiary/aromatic N) is 2. The van der Waals surface area contributed by atoms with Gasteiger partial charge in [0.15, 0.2) is 5.54 Å². The molecule has 1 aromatic heterocycles. The lowest BCUT2D eigenvalue weighted by Crippen LogP contribution is -2.67. The van der Waals surface area contributed by atoms with Crippen molar-refractivity contribution in [3.63, 3.8) is 0 Å². The van der Waals surface area contributed by atoms with Crippen LogP contribution in [0.4, 0.5) is 11.4 Å². The molecule has 6 nitrogen and oxygen atoms in total. The molecule has 6 heteroatoms. The molecule has 0 saturated carbocycles. The molecule has 3 aromatic carbocycles. The summed E-state index contributed by atoms with van der Waals surface area (Å²) in [6.45, 7) is 8.51. The predicted octanol–water partition coefficient (Wildman–Crippen LogP) is 6.08. The van der Waals surface area contributed by atoms with Gasteiger partial charge >= 0.3 is 0 Å². The standard InChI is InChI=1S/C29H30N4O2/c1-18(2)20-9-13-22(14-10-20)30-28(35)29(27-31-24-7-5-6-8-25(24)32-27)17-26(34)33(29)23-15-11-21(12-16-23)19(3)4/h5-16,18-19H,17H2,1-4H3,(H,30,35)(H,31,32). The minimum Gasteiger partial charge on any atom is -0.339 e. The molecule has 1 atom stereocenters. The van der Waals surface area contributed by atoms with Gasteiger partial charge in [-0.05, 0) is 59.4 Å². The number of fused-ring (bicyclic) bond motifs is 1. The third-order valence-corrected chi connectivity index (χ3v) is 6.85. The van der Waals surface area contributed by atoms with E-state index in [0.717, 1.165) is 11.0 Å². The Morgan fingerprint density at radius 3 is 2.09 bits per heavy atom. The fraction of sp³-hybridized carbons (Fsp3) is 0.276. The number of carbonyl (C=O) groups excluding carboxylic acids is 2. The van der Waals surface area contributed by atoms with Gasteiger partial charge in [0, 0.05) is 11.4 Å². The van der Waals surface area contributed by atoms with Crippen LogP contribution in [0.3, 0.4) is 0 Å². The molecule has 1 aliphatic rings. The number of hydrogen-bond donors (Lipinski definition) is 2. The molecular weight excluding hydrogens is 436 g/mol. The van der Waals surface area contributed by atoms with Crippen molar-refractivity contribution in [1.82, 2.24) is 9.97 Å². The average molecular weight is 467 g/mol. The van der Waals surface area contributed by atoms with E-state index in [4.69, 9.17) is 4.98 Å². The van der Waals surface area contributed by atoms with Crippen molar-refractivity contribution in [2.45, 2.75) is 51.5 Å². The predicted molar refractivity (Wildman–Crippen MR) is 140 cm³/mol. The third kappa shape index (κ3) is 3.89. The lowest BCUT2D eigenvalue weighted by molar-refractivity contribution is -0.137. The van der Waals surface area contributed by atoms with Gasteiger partial charge in [0.25, 0.3) is 5.91 Å². The highest BCUT2D eigenvalue weighted by atomic mass is 16.2. The van der Waals surface area contributed by atoms with Crippen molar-refractivity contribution < 1.29 is 9.59 Å². The van der Waals surface area contributed by atoms with Crippen molar-refractivity contribution in [3.05, 3.63) is 89.7 Å². The molecule has 0 bridgehead atoms. The largest absolute Gasteiger partial charge is 0.339 e. The smallest absolute Gasteiger partial charge is 0.259 e. The summed E-state index contributed by atoms with van der Waals surface area (Å²) in [5.41, 5.74) is 4.04. The van der Waals surface area contributed by atoms with Crippen molar-refractivity contribution in [2.75, 3.05) is 10.2 Å². The fourth-order valence-electron chi connectivity index (χ4n) is 4.68. The van der Waals surface area contributed by atoms with Gasteiger partial charge in [-0.1, -0.05) is 64.1 Å². The van der Waals surface area contributed by atoms with E-state index in [1.54, 1.807) is 4.90 Å². The van der Waals surface area contributed by atoms with E-state index < -0.39 is 5.54 Å². The Bertz CT molecular complexity index is 1350. The van der Waals surface area contributed by atoms with Gasteiger partial charge in [0.1, 0.15) is 5.82 Å². The topological polar surface area (TPSA) is 78.1 Å². The van der Waals surface area contributed by atoms with E-state index in [9.17, 15) is 9.59 Å². The van der Waals surface area contributed by atoms with Gasteiger partial charge in [0.2, 0.25) is 5.91 Å². The van der Waals surface area contributed by atoms with Crippen LogP contribution in [0.1, 0.15) is 62.9 Å². The highest BCUT2D eigenvalue weighted by Crippen LogP contribution is 2.45. The first kappa shape index (κ1) is 22.8. The Kier molecular flexibility index (Phi) is 5.67. The third-order valence-electron chi connectivity index (χ3n) is 6.85. The fourth-order valence-corrected chi connectivity index (χ4v) is 4.68. The van der Waals surface area contributed by atoms with E-state index in [-0.39, 0.29) is 18.2 Å². The first-order chi connectivity index (χ1) is 16.8. The molecule has 2 heterocycles. The number of hydrogen-bond acceptors (Lipinski definition) is 3. The zero-order chi connectivity index (χ0) is 24.7. The number of imidazole rings is 1. The number of nitrogens with one attached hydrogen (secondary N) is 2. The minimum atomic E-state index is -1.27. The van der Waals surface area contributed by atoms with Gasteiger partial charge in [-0.2, -0.15) is 0 Å². The molecule has 2 N–H and O–H groups in total. The molecule has 0 spiro atoms. The molecule has 0 aliphatic carbocycles. The molecule has 1 saturated heterocycles. The molecule has 4 aromatic rings. The van der Waals surface area contributed by atoms with Crippen molar-refractivity contribution >= 4 is 34.2 Å². The number of aromatic nitrogens is 2. The monoisotopic (exact) mass is 466 g/mol. The lowest BCUT2D eigenvalue weighted by Gasteiger charge is -2.49. The van der Waals surface area contributed by atoms with Crippen LogP contribution < -0.4 is 10.2 Å². The van der Waals surface area contributed by atoms with E-state index in [1.807, 2.05) is 72.8 Å². The first-order valence-electron chi connectivity index (χ1n) is 12.1. The summed E-state index contributed by atoms with van der Waals surface area (Å²) in [5.74, 6) is 0.820. The lowest BCUT2D eigenvalue weighted by atomic mass is 9.80. The summed E-state index contributed by atoms with van der Waals surface area (Å²) in [6.07, 6.45) is 0.0364. The number of aromatic amines is 1.